The molecule has 0 saturated carbocycles. The summed E-state index contributed by atoms with van der Waals surface area (Å²) in [4.78, 5) is 12.7. The van der Waals surface area contributed by atoms with Crippen LogP contribution in [0.25, 0.3) is 0 Å². The molecule has 2 aromatic rings. The fourth-order valence-corrected chi connectivity index (χ4v) is 4.03. The second-order valence-corrected chi connectivity index (χ2v) is 10.6. The highest BCUT2D eigenvalue weighted by molar-refractivity contribution is 7.92. The maximum absolute atomic E-state index is 12.7. The zero-order chi connectivity index (χ0) is 22.7. The van der Waals surface area contributed by atoms with Gasteiger partial charge in [0.15, 0.2) is 0 Å². The number of hydrogen-bond acceptors (Lipinski definition) is 4. The molecule has 1 unspecified atom stereocenters. The van der Waals surface area contributed by atoms with E-state index in [-0.39, 0.29) is 23.7 Å². The van der Waals surface area contributed by atoms with Crippen molar-refractivity contribution in [3.63, 3.8) is 0 Å². The molecule has 0 heterocycles. The molecule has 0 spiro atoms. The van der Waals surface area contributed by atoms with E-state index in [1.165, 1.54) is 18.7 Å². The van der Waals surface area contributed by atoms with Gasteiger partial charge >= 0.3 is 0 Å². The summed E-state index contributed by atoms with van der Waals surface area (Å²) in [5.41, 5.74) is 2.38. The Morgan fingerprint density at radius 2 is 1.77 bits per heavy atom. The molecule has 0 radical (unpaired) electrons. The number of benzene rings is 2. The van der Waals surface area contributed by atoms with Crippen LogP contribution in [0.5, 0.6) is 5.75 Å². The summed E-state index contributed by atoms with van der Waals surface area (Å²) < 4.78 is 31.0. The first-order chi connectivity index (χ1) is 13.8. The number of ether oxygens (including phenoxy) is 1. The minimum absolute atomic E-state index is 0.0387. The minimum atomic E-state index is -3.75. The van der Waals surface area contributed by atoms with Crippen molar-refractivity contribution >= 4 is 33.2 Å². The van der Waals surface area contributed by atoms with Gasteiger partial charge in [0.05, 0.1) is 25.1 Å². The first kappa shape index (κ1) is 24.0. The second-order valence-electron chi connectivity index (χ2n) is 8.25. The molecule has 0 aliphatic carbocycles. The number of nitrogens with one attached hydrogen (secondary N) is 1. The zero-order valence-corrected chi connectivity index (χ0v) is 19.8. The van der Waals surface area contributed by atoms with Crippen molar-refractivity contribution in [1.29, 1.82) is 0 Å². The summed E-state index contributed by atoms with van der Waals surface area (Å²) in [6, 6.07) is 12.4. The van der Waals surface area contributed by atoms with E-state index < -0.39 is 15.9 Å². The molecule has 8 heteroatoms. The van der Waals surface area contributed by atoms with Gasteiger partial charge in [-0.25, -0.2) is 8.42 Å². The predicted octanol–water partition coefficient (Wildman–Crippen LogP) is 4.29. The Hall–Kier alpha value is -2.25. The molecule has 6 nitrogen and oxygen atoms in total. The average molecular weight is 453 g/mol. The molecule has 1 atom stereocenters. The van der Waals surface area contributed by atoms with Crippen LogP contribution in [-0.4, -0.2) is 34.2 Å². The summed E-state index contributed by atoms with van der Waals surface area (Å²) in [6.07, 6.45) is 1.04. The summed E-state index contributed by atoms with van der Waals surface area (Å²) in [5.74, 6) is -0.127. The smallest absolute Gasteiger partial charge is 0.241 e. The van der Waals surface area contributed by atoms with Crippen molar-refractivity contribution in [3.8, 4) is 5.75 Å². The van der Waals surface area contributed by atoms with Crippen LogP contribution in [-0.2, 0) is 20.2 Å². The van der Waals surface area contributed by atoms with E-state index in [1.54, 1.807) is 12.1 Å². The van der Waals surface area contributed by atoms with Crippen LogP contribution in [0.2, 0.25) is 5.02 Å². The number of halogens is 1. The Kier molecular flexibility index (Phi) is 7.42. The summed E-state index contributed by atoms with van der Waals surface area (Å²) in [6.45, 7) is 7.87. The molecule has 1 N–H and O–H groups in total. The van der Waals surface area contributed by atoms with Crippen molar-refractivity contribution in [2.24, 2.45) is 0 Å². The Morgan fingerprint density at radius 3 is 2.27 bits per heavy atom. The molecule has 0 aliphatic rings. The second kappa shape index (κ2) is 9.27. The lowest BCUT2D eigenvalue weighted by Gasteiger charge is -2.25. The molecular formula is C22H29ClN2O4S. The predicted molar refractivity (Wildman–Crippen MR) is 122 cm³/mol. The maximum atomic E-state index is 12.7. The zero-order valence-electron chi connectivity index (χ0n) is 18.2. The first-order valence-corrected chi connectivity index (χ1v) is 11.8. The number of rotatable bonds is 7. The van der Waals surface area contributed by atoms with Gasteiger partial charge in [-0.1, -0.05) is 56.6 Å². The van der Waals surface area contributed by atoms with E-state index in [0.29, 0.717) is 10.8 Å². The van der Waals surface area contributed by atoms with Crippen LogP contribution in [0, 0.1) is 0 Å². The lowest BCUT2D eigenvalue weighted by molar-refractivity contribution is -0.120. The molecule has 0 bridgehead atoms. The van der Waals surface area contributed by atoms with Gasteiger partial charge in [0.1, 0.15) is 12.3 Å². The summed E-state index contributed by atoms with van der Waals surface area (Å²) >= 11 is 6.04. The molecule has 0 aromatic heterocycles. The van der Waals surface area contributed by atoms with Crippen LogP contribution in [0.1, 0.15) is 44.9 Å². The summed E-state index contributed by atoms with van der Waals surface area (Å²) in [5, 5.41) is 3.20. The molecule has 164 valence electrons. The normalized spacial score (nSPS) is 12.9. The molecule has 2 aromatic carbocycles. The van der Waals surface area contributed by atoms with Crippen molar-refractivity contribution in [2.45, 2.75) is 39.2 Å². The van der Waals surface area contributed by atoms with Crippen molar-refractivity contribution in [2.75, 3.05) is 24.2 Å². The van der Waals surface area contributed by atoms with Crippen LogP contribution in [0.15, 0.2) is 42.5 Å². The van der Waals surface area contributed by atoms with Crippen molar-refractivity contribution in [3.05, 3.63) is 58.6 Å². The Bertz CT molecular complexity index is 999. The lowest BCUT2D eigenvalue weighted by Crippen LogP contribution is -2.41. The highest BCUT2D eigenvalue weighted by Gasteiger charge is 2.25. The third kappa shape index (κ3) is 6.12. The number of nitrogens with zero attached hydrogens (tertiary/aromatic N) is 1. The lowest BCUT2D eigenvalue weighted by atomic mass is 9.86. The number of amides is 1. The van der Waals surface area contributed by atoms with E-state index in [4.69, 9.17) is 16.3 Å². The van der Waals surface area contributed by atoms with Gasteiger partial charge in [0.25, 0.3) is 0 Å². The van der Waals surface area contributed by atoms with Crippen molar-refractivity contribution < 1.29 is 17.9 Å². The standard InChI is InChI=1S/C22H29ClN2O4S/c1-15(16-7-9-17(10-8-16)22(2,3)4)24-21(26)14-25(30(6,27)28)19-13-18(23)11-12-20(19)29-5/h7-13,15H,14H2,1-6H3,(H,24,26). The van der Waals surface area contributed by atoms with Gasteiger partial charge < -0.3 is 10.1 Å². The quantitative estimate of drug-likeness (QED) is 0.679. The third-order valence-corrected chi connectivity index (χ3v) is 6.11. The number of carbonyl (C=O) groups excluding carboxylic acids is 1. The van der Waals surface area contributed by atoms with Gasteiger partial charge in [-0.3, -0.25) is 9.10 Å². The largest absolute Gasteiger partial charge is 0.495 e. The number of methoxy groups -OCH3 is 1. The van der Waals surface area contributed by atoms with Crippen LogP contribution >= 0.6 is 11.6 Å². The number of carbonyl (C=O) groups is 1. The summed E-state index contributed by atoms with van der Waals surface area (Å²) in [7, 11) is -2.32. The van der Waals surface area contributed by atoms with Crippen LogP contribution < -0.4 is 14.4 Å². The monoisotopic (exact) mass is 452 g/mol. The van der Waals surface area contributed by atoms with Gasteiger partial charge in [0, 0.05) is 5.02 Å². The van der Waals surface area contributed by atoms with Gasteiger partial charge in [-0.05, 0) is 41.7 Å². The van der Waals surface area contributed by atoms with Crippen LogP contribution in [0.3, 0.4) is 0 Å². The Balaban J connectivity index is 2.20. The fourth-order valence-electron chi connectivity index (χ4n) is 3.01. The van der Waals surface area contributed by atoms with Gasteiger partial charge in [-0.15, -0.1) is 0 Å². The Labute approximate surface area is 184 Å². The first-order valence-electron chi connectivity index (χ1n) is 9.54. The topological polar surface area (TPSA) is 75.7 Å². The molecule has 30 heavy (non-hydrogen) atoms. The van der Waals surface area contributed by atoms with Crippen molar-refractivity contribution in [1.82, 2.24) is 5.32 Å². The highest BCUT2D eigenvalue weighted by Crippen LogP contribution is 2.32. The molecule has 0 fully saturated rings. The fraction of sp³-hybridized carbons (Fsp3) is 0.409. The van der Waals surface area contributed by atoms with E-state index in [2.05, 4.69) is 26.1 Å². The maximum Gasteiger partial charge on any atom is 0.241 e. The Morgan fingerprint density at radius 1 is 1.17 bits per heavy atom. The SMILES string of the molecule is COc1ccc(Cl)cc1N(CC(=O)NC(C)c1ccc(C(C)(C)C)cc1)S(C)(=O)=O. The highest BCUT2D eigenvalue weighted by atomic mass is 35.5. The van der Waals surface area contributed by atoms with E-state index in [0.717, 1.165) is 16.1 Å². The number of hydrogen-bond donors (Lipinski definition) is 1. The minimum Gasteiger partial charge on any atom is -0.495 e. The number of anilines is 1. The van der Waals surface area contributed by atoms with Gasteiger partial charge in [0.2, 0.25) is 15.9 Å². The van der Waals surface area contributed by atoms with E-state index in [9.17, 15) is 13.2 Å². The average Bonchev–Trinajstić information content (AvgIpc) is 2.64. The molecule has 2 rings (SSSR count). The van der Waals surface area contributed by atoms with Crippen LogP contribution in [0.4, 0.5) is 5.69 Å². The van der Waals surface area contributed by atoms with E-state index in [1.807, 2.05) is 31.2 Å². The molecule has 0 aliphatic heterocycles. The molecule has 1 amide bonds. The molecular weight excluding hydrogens is 424 g/mol. The molecule has 0 saturated heterocycles. The number of sulfonamides is 1. The van der Waals surface area contributed by atoms with E-state index >= 15 is 0 Å². The third-order valence-electron chi connectivity index (χ3n) is 4.75. The van der Waals surface area contributed by atoms with Gasteiger partial charge in [-0.2, -0.15) is 0 Å².